The maximum absolute atomic E-state index is 13.5. The summed E-state index contributed by atoms with van der Waals surface area (Å²) in [6.07, 6.45) is 0.707. The van der Waals surface area contributed by atoms with E-state index in [1.165, 1.54) is 29.2 Å². The molecule has 0 saturated carbocycles. The third-order valence-electron chi connectivity index (χ3n) is 5.75. The number of ether oxygens (including phenoxy) is 1. The van der Waals surface area contributed by atoms with E-state index in [0.717, 1.165) is 11.3 Å². The highest BCUT2D eigenvalue weighted by Gasteiger charge is 2.48. The van der Waals surface area contributed by atoms with Crippen LogP contribution in [0.25, 0.3) is 5.76 Å². The van der Waals surface area contributed by atoms with Crippen molar-refractivity contribution in [2.24, 2.45) is 0 Å². The zero-order valence-electron chi connectivity index (χ0n) is 17.5. The molecule has 3 aromatic rings. The maximum Gasteiger partial charge on any atom is 0.300 e. The number of aryl methyl sites for hydroxylation is 1. The molecule has 5 rings (SSSR count). The van der Waals surface area contributed by atoms with E-state index in [0.29, 0.717) is 29.2 Å². The van der Waals surface area contributed by atoms with Gasteiger partial charge < -0.3 is 14.3 Å². The smallest absolute Gasteiger partial charge is 0.300 e. The molecule has 162 valence electrons. The molecule has 1 saturated heterocycles. The largest absolute Gasteiger partial charge is 0.507 e. The normalized spacial score (nSPS) is 21.7. The van der Waals surface area contributed by atoms with Crippen LogP contribution in [-0.2, 0) is 16.0 Å². The number of carbonyl (C=O) groups is 2. The van der Waals surface area contributed by atoms with Crippen molar-refractivity contribution in [3.63, 3.8) is 0 Å². The minimum Gasteiger partial charge on any atom is -0.507 e. The molecule has 1 aromatic heterocycles. The van der Waals surface area contributed by atoms with Crippen LogP contribution < -0.4 is 9.64 Å². The Kier molecular flexibility index (Phi) is 4.62. The Bertz CT molecular complexity index is 1270. The van der Waals surface area contributed by atoms with Gasteiger partial charge in [-0.25, -0.2) is 4.39 Å². The van der Waals surface area contributed by atoms with Gasteiger partial charge in [-0.3, -0.25) is 14.5 Å². The summed E-state index contributed by atoms with van der Waals surface area (Å²) in [5.74, 6) is -0.774. The number of hydrogen-bond donors (Lipinski definition) is 1. The van der Waals surface area contributed by atoms with Crippen molar-refractivity contribution >= 4 is 23.1 Å². The number of anilines is 1. The summed E-state index contributed by atoms with van der Waals surface area (Å²) in [6.45, 7) is 3.70. The van der Waals surface area contributed by atoms with Crippen LogP contribution in [0, 0.1) is 12.7 Å². The van der Waals surface area contributed by atoms with Crippen LogP contribution >= 0.6 is 0 Å². The molecular weight excluding hydrogens is 413 g/mol. The number of hydrogen-bond acceptors (Lipinski definition) is 5. The Morgan fingerprint density at radius 3 is 2.53 bits per heavy atom. The first-order valence-corrected chi connectivity index (χ1v) is 10.3. The predicted octanol–water partition coefficient (Wildman–Crippen LogP) is 4.68. The summed E-state index contributed by atoms with van der Waals surface area (Å²) in [4.78, 5) is 27.4. The third kappa shape index (κ3) is 3.17. The van der Waals surface area contributed by atoms with Crippen LogP contribution in [0.1, 0.15) is 35.6 Å². The fourth-order valence-corrected chi connectivity index (χ4v) is 4.29. The molecule has 32 heavy (non-hydrogen) atoms. The maximum atomic E-state index is 13.5. The number of fused-ring (bicyclic) bond motifs is 1. The van der Waals surface area contributed by atoms with Crippen molar-refractivity contribution in [2.45, 2.75) is 32.4 Å². The van der Waals surface area contributed by atoms with Gasteiger partial charge >= 0.3 is 0 Å². The Labute approximate surface area is 183 Å². The van der Waals surface area contributed by atoms with E-state index in [9.17, 15) is 19.1 Å². The molecule has 6 nitrogen and oxygen atoms in total. The second kappa shape index (κ2) is 7.37. The van der Waals surface area contributed by atoms with E-state index in [-0.39, 0.29) is 17.4 Å². The predicted molar refractivity (Wildman–Crippen MR) is 115 cm³/mol. The number of rotatable bonds is 3. The molecule has 3 heterocycles. The average molecular weight is 433 g/mol. The van der Waals surface area contributed by atoms with Crippen LogP contribution in [-0.4, -0.2) is 22.9 Å². The summed E-state index contributed by atoms with van der Waals surface area (Å²) >= 11 is 0. The molecule has 2 aliphatic rings. The second-order valence-corrected chi connectivity index (χ2v) is 8.05. The molecule has 1 fully saturated rings. The molecule has 2 atom stereocenters. The SMILES string of the molecule is Cc1ccc(C2/C(=C(/O)c3ccc4c(c3)CC(C)O4)C(=O)C(=O)N2c2ccc(F)cc2)o1. The number of amides is 1. The van der Waals surface area contributed by atoms with Gasteiger partial charge in [-0.15, -0.1) is 0 Å². The van der Waals surface area contributed by atoms with Crippen LogP contribution in [0.2, 0.25) is 0 Å². The summed E-state index contributed by atoms with van der Waals surface area (Å²) in [5, 5.41) is 11.2. The van der Waals surface area contributed by atoms with E-state index in [4.69, 9.17) is 9.15 Å². The second-order valence-electron chi connectivity index (χ2n) is 8.05. The molecule has 0 bridgehead atoms. The van der Waals surface area contributed by atoms with Gasteiger partial charge in [0, 0.05) is 17.7 Å². The molecule has 0 spiro atoms. The number of halogens is 1. The lowest BCUT2D eigenvalue weighted by Gasteiger charge is -2.23. The number of furan rings is 1. The van der Waals surface area contributed by atoms with Crippen molar-refractivity contribution in [1.82, 2.24) is 0 Å². The van der Waals surface area contributed by atoms with E-state index in [2.05, 4.69) is 0 Å². The molecule has 1 N–H and O–H groups in total. The minimum absolute atomic E-state index is 0.0255. The van der Waals surface area contributed by atoms with Gasteiger partial charge in [0.1, 0.15) is 41.0 Å². The van der Waals surface area contributed by atoms with Crippen molar-refractivity contribution < 1.29 is 28.2 Å². The Morgan fingerprint density at radius 1 is 1.09 bits per heavy atom. The number of carbonyl (C=O) groups excluding carboxylic acids is 2. The van der Waals surface area contributed by atoms with Gasteiger partial charge in [0.2, 0.25) is 0 Å². The summed E-state index contributed by atoms with van der Waals surface area (Å²) in [7, 11) is 0. The topological polar surface area (TPSA) is 80.0 Å². The van der Waals surface area contributed by atoms with Crippen LogP contribution in [0.5, 0.6) is 5.75 Å². The van der Waals surface area contributed by atoms with E-state index in [1.54, 1.807) is 37.3 Å². The first-order valence-electron chi connectivity index (χ1n) is 10.3. The quantitative estimate of drug-likeness (QED) is 0.369. The van der Waals surface area contributed by atoms with Gasteiger partial charge in [-0.1, -0.05) is 0 Å². The molecule has 0 radical (unpaired) electrons. The monoisotopic (exact) mass is 433 g/mol. The zero-order chi connectivity index (χ0) is 22.6. The van der Waals surface area contributed by atoms with Gasteiger partial charge in [0.05, 0.1) is 5.57 Å². The van der Waals surface area contributed by atoms with Crippen molar-refractivity contribution in [1.29, 1.82) is 0 Å². The molecule has 2 aromatic carbocycles. The number of benzene rings is 2. The standard InChI is InChI=1S/C25H20FNO5/c1-13-3-9-20(31-13)22-21(23(28)15-4-10-19-16(12-15)11-14(2)32-19)24(29)25(30)27(22)18-7-5-17(26)6-8-18/h3-10,12,14,22,28H,11H2,1-2H3/b23-21-. The highest BCUT2D eigenvalue weighted by molar-refractivity contribution is 6.51. The summed E-state index contributed by atoms with van der Waals surface area (Å²) in [6, 6.07) is 12.8. The fourth-order valence-electron chi connectivity index (χ4n) is 4.29. The third-order valence-corrected chi connectivity index (χ3v) is 5.75. The van der Waals surface area contributed by atoms with Crippen LogP contribution in [0.15, 0.2) is 64.6 Å². The average Bonchev–Trinajstić information content (AvgIpc) is 3.43. The van der Waals surface area contributed by atoms with E-state index >= 15 is 0 Å². The highest BCUT2D eigenvalue weighted by Crippen LogP contribution is 2.43. The molecule has 7 heteroatoms. The molecule has 2 aliphatic heterocycles. The summed E-state index contributed by atoms with van der Waals surface area (Å²) in [5.41, 5.74) is 1.56. The number of aliphatic hydroxyl groups excluding tert-OH is 1. The number of ketones is 1. The number of nitrogens with zero attached hydrogens (tertiary/aromatic N) is 1. The fraction of sp³-hybridized carbons (Fsp3) is 0.200. The van der Waals surface area contributed by atoms with Crippen molar-refractivity contribution in [3.05, 3.63) is 88.6 Å². The van der Waals surface area contributed by atoms with Gasteiger partial charge in [-0.2, -0.15) is 0 Å². The lowest BCUT2D eigenvalue weighted by molar-refractivity contribution is -0.132. The Morgan fingerprint density at radius 2 is 1.84 bits per heavy atom. The van der Waals surface area contributed by atoms with Crippen molar-refractivity contribution in [2.75, 3.05) is 4.90 Å². The lowest BCUT2D eigenvalue weighted by atomic mass is 9.97. The van der Waals surface area contributed by atoms with Crippen LogP contribution in [0.4, 0.5) is 10.1 Å². The molecule has 2 unspecified atom stereocenters. The van der Waals surface area contributed by atoms with E-state index < -0.39 is 23.5 Å². The zero-order valence-corrected chi connectivity index (χ0v) is 17.5. The highest BCUT2D eigenvalue weighted by atomic mass is 19.1. The first-order chi connectivity index (χ1) is 15.3. The minimum atomic E-state index is -0.988. The van der Waals surface area contributed by atoms with Crippen molar-refractivity contribution in [3.8, 4) is 5.75 Å². The summed E-state index contributed by atoms with van der Waals surface area (Å²) < 4.78 is 25.0. The number of aliphatic hydroxyl groups is 1. The first kappa shape index (κ1) is 20.1. The van der Waals surface area contributed by atoms with Crippen LogP contribution in [0.3, 0.4) is 0 Å². The van der Waals surface area contributed by atoms with E-state index in [1.807, 2.05) is 6.92 Å². The lowest BCUT2D eigenvalue weighted by Crippen LogP contribution is -2.29. The molecular formula is C25H20FNO5. The molecule has 1 amide bonds. The Balaban J connectivity index is 1.67. The number of Topliss-reactive ketones (excluding diaryl/α,β-unsaturated/α-hetero) is 1. The van der Waals surface area contributed by atoms with Gasteiger partial charge in [0.25, 0.3) is 11.7 Å². The Hall–Kier alpha value is -3.87. The van der Waals surface area contributed by atoms with Gasteiger partial charge in [0.15, 0.2) is 0 Å². The van der Waals surface area contributed by atoms with Gasteiger partial charge in [-0.05, 0) is 74.0 Å². The molecule has 0 aliphatic carbocycles.